The second-order valence-electron chi connectivity index (χ2n) is 8.27. The zero-order valence-electron chi connectivity index (χ0n) is 18.5. The molecule has 2 nitrogen and oxygen atoms in total. The third-order valence-corrected chi connectivity index (χ3v) is 6.23. The van der Waals surface area contributed by atoms with E-state index in [1.54, 1.807) is 7.11 Å². The van der Waals surface area contributed by atoms with E-state index in [0.717, 1.165) is 17.9 Å². The summed E-state index contributed by atoms with van der Waals surface area (Å²) >= 11 is 0. The van der Waals surface area contributed by atoms with E-state index in [1.807, 2.05) is 0 Å². The summed E-state index contributed by atoms with van der Waals surface area (Å²) in [7, 11) is 1.74. The predicted octanol–water partition coefficient (Wildman–Crippen LogP) is 7.52. The van der Waals surface area contributed by atoms with Gasteiger partial charge in [0, 0.05) is 18.2 Å². The van der Waals surface area contributed by atoms with E-state index < -0.39 is 0 Å². The van der Waals surface area contributed by atoms with Gasteiger partial charge in [0.15, 0.2) is 0 Å². The van der Waals surface area contributed by atoms with Gasteiger partial charge < -0.3 is 10.1 Å². The number of rotatable bonds is 6. The lowest BCUT2D eigenvalue weighted by molar-refractivity contribution is 0.416. The molecule has 0 saturated heterocycles. The first-order chi connectivity index (χ1) is 15.7. The Labute approximate surface area is 189 Å². The molecular formula is C30H27NO. The van der Waals surface area contributed by atoms with E-state index in [2.05, 4.69) is 115 Å². The van der Waals surface area contributed by atoms with E-state index in [-0.39, 0.29) is 6.04 Å². The number of nitrogens with one attached hydrogen (secondary N) is 1. The van der Waals surface area contributed by atoms with E-state index in [0.29, 0.717) is 0 Å². The van der Waals surface area contributed by atoms with Crippen LogP contribution in [0.5, 0.6) is 5.75 Å². The fourth-order valence-electron chi connectivity index (χ4n) is 4.46. The molecule has 0 bridgehead atoms. The summed E-state index contributed by atoms with van der Waals surface area (Å²) < 4.78 is 5.69. The van der Waals surface area contributed by atoms with Crippen LogP contribution >= 0.6 is 0 Å². The van der Waals surface area contributed by atoms with Gasteiger partial charge in [0.2, 0.25) is 0 Å². The molecule has 5 aromatic carbocycles. The van der Waals surface area contributed by atoms with Gasteiger partial charge in [-0.2, -0.15) is 0 Å². The molecule has 2 heteroatoms. The van der Waals surface area contributed by atoms with Gasteiger partial charge in [-0.1, -0.05) is 84.9 Å². The van der Waals surface area contributed by atoms with Crippen LogP contribution in [-0.2, 0) is 6.54 Å². The molecule has 0 spiro atoms. The zero-order chi connectivity index (χ0) is 21.9. The van der Waals surface area contributed by atoms with E-state index in [4.69, 9.17) is 4.74 Å². The third kappa shape index (κ3) is 3.98. The Hall–Kier alpha value is -3.62. The first-order valence-corrected chi connectivity index (χ1v) is 11.1. The SMILES string of the molecule is COc1ccc(CN[C@H](C)c2cccc3ccccc23)cc1-c1ccc2ccccc2c1. The fourth-order valence-corrected chi connectivity index (χ4v) is 4.46. The second-order valence-corrected chi connectivity index (χ2v) is 8.27. The van der Waals surface area contributed by atoms with Crippen molar-refractivity contribution in [3.8, 4) is 16.9 Å². The van der Waals surface area contributed by atoms with Crippen LogP contribution in [-0.4, -0.2) is 7.11 Å². The van der Waals surface area contributed by atoms with Crippen molar-refractivity contribution in [1.82, 2.24) is 5.32 Å². The van der Waals surface area contributed by atoms with Gasteiger partial charge >= 0.3 is 0 Å². The molecule has 0 aromatic heterocycles. The van der Waals surface area contributed by atoms with Crippen molar-refractivity contribution in [3.63, 3.8) is 0 Å². The van der Waals surface area contributed by atoms with Crippen LogP contribution in [0.1, 0.15) is 24.1 Å². The monoisotopic (exact) mass is 417 g/mol. The number of hydrogen-bond acceptors (Lipinski definition) is 2. The van der Waals surface area contributed by atoms with Crippen LogP contribution in [0.25, 0.3) is 32.7 Å². The lowest BCUT2D eigenvalue weighted by Gasteiger charge is -2.18. The van der Waals surface area contributed by atoms with Gasteiger partial charge in [-0.15, -0.1) is 0 Å². The van der Waals surface area contributed by atoms with Crippen LogP contribution in [0, 0.1) is 0 Å². The summed E-state index contributed by atoms with van der Waals surface area (Å²) in [6.45, 7) is 3.02. The van der Waals surface area contributed by atoms with E-state index in [1.165, 1.54) is 38.2 Å². The van der Waals surface area contributed by atoms with Crippen molar-refractivity contribution in [2.24, 2.45) is 0 Å². The maximum absolute atomic E-state index is 5.69. The third-order valence-electron chi connectivity index (χ3n) is 6.23. The van der Waals surface area contributed by atoms with Crippen molar-refractivity contribution in [1.29, 1.82) is 0 Å². The smallest absolute Gasteiger partial charge is 0.126 e. The van der Waals surface area contributed by atoms with Gasteiger partial charge in [-0.25, -0.2) is 0 Å². The summed E-state index contributed by atoms with van der Waals surface area (Å²) in [6, 6.07) is 36.9. The number of ether oxygens (including phenoxy) is 1. The van der Waals surface area contributed by atoms with Gasteiger partial charge in [0.25, 0.3) is 0 Å². The Kier molecular flexibility index (Phi) is 5.62. The average molecular weight is 418 g/mol. The highest BCUT2D eigenvalue weighted by Gasteiger charge is 2.11. The molecule has 0 aliphatic carbocycles. The molecule has 0 fully saturated rings. The van der Waals surface area contributed by atoms with Gasteiger partial charge in [0.05, 0.1) is 7.11 Å². The molecule has 0 saturated carbocycles. The first kappa shape index (κ1) is 20.3. The molecule has 0 amide bonds. The number of hydrogen-bond donors (Lipinski definition) is 1. The van der Waals surface area contributed by atoms with Crippen LogP contribution in [0.4, 0.5) is 0 Å². The Bertz CT molecular complexity index is 1380. The van der Waals surface area contributed by atoms with E-state index in [9.17, 15) is 0 Å². The molecule has 158 valence electrons. The minimum Gasteiger partial charge on any atom is -0.496 e. The van der Waals surface area contributed by atoms with Crippen LogP contribution in [0.2, 0.25) is 0 Å². The molecule has 1 atom stereocenters. The minimum atomic E-state index is 0.243. The minimum absolute atomic E-state index is 0.243. The quantitative estimate of drug-likeness (QED) is 0.308. The molecular weight excluding hydrogens is 390 g/mol. The zero-order valence-corrected chi connectivity index (χ0v) is 18.5. The number of methoxy groups -OCH3 is 1. The molecule has 5 aromatic rings. The van der Waals surface area contributed by atoms with Crippen molar-refractivity contribution >= 4 is 21.5 Å². The van der Waals surface area contributed by atoms with Crippen molar-refractivity contribution in [3.05, 3.63) is 114 Å². The van der Waals surface area contributed by atoms with Crippen molar-refractivity contribution in [2.75, 3.05) is 7.11 Å². The standard InChI is InChI=1S/C30H27NO/c1-21(27-13-7-11-24-9-5-6-12-28(24)27)31-20-22-14-17-30(32-2)29(18-22)26-16-15-23-8-3-4-10-25(23)19-26/h3-19,21,31H,20H2,1-2H3/t21-/m1/s1. The topological polar surface area (TPSA) is 21.3 Å². The molecule has 0 unspecified atom stereocenters. The Morgan fingerprint density at radius 3 is 2.31 bits per heavy atom. The molecule has 0 heterocycles. The highest BCUT2D eigenvalue weighted by atomic mass is 16.5. The summed E-state index contributed by atoms with van der Waals surface area (Å²) in [4.78, 5) is 0. The Morgan fingerprint density at radius 1 is 0.719 bits per heavy atom. The van der Waals surface area contributed by atoms with Crippen LogP contribution < -0.4 is 10.1 Å². The van der Waals surface area contributed by atoms with Crippen molar-refractivity contribution < 1.29 is 4.74 Å². The molecule has 1 N–H and O–H groups in total. The van der Waals surface area contributed by atoms with Gasteiger partial charge in [-0.3, -0.25) is 0 Å². The summed E-state index contributed by atoms with van der Waals surface area (Å²) in [6.07, 6.45) is 0. The molecule has 0 radical (unpaired) electrons. The average Bonchev–Trinajstić information content (AvgIpc) is 2.86. The highest BCUT2D eigenvalue weighted by Crippen LogP contribution is 2.33. The number of benzene rings is 5. The van der Waals surface area contributed by atoms with Gasteiger partial charge in [-0.05, 0) is 63.4 Å². The maximum atomic E-state index is 5.69. The molecule has 0 aliphatic heterocycles. The molecule has 0 aliphatic rings. The predicted molar refractivity (Wildman–Crippen MR) is 135 cm³/mol. The van der Waals surface area contributed by atoms with Crippen molar-refractivity contribution in [2.45, 2.75) is 19.5 Å². The highest BCUT2D eigenvalue weighted by molar-refractivity contribution is 5.88. The van der Waals surface area contributed by atoms with Crippen LogP contribution in [0.3, 0.4) is 0 Å². The number of fused-ring (bicyclic) bond motifs is 2. The normalized spacial score (nSPS) is 12.2. The Balaban J connectivity index is 1.42. The summed E-state index contributed by atoms with van der Waals surface area (Å²) in [5.41, 5.74) is 4.85. The first-order valence-electron chi connectivity index (χ1n) is 11.1. The largest absolute Gasteiger partial charge is 0.496 e. The fraction of sp³-hybridized carbons (Fsp3) is 0.133. The second kappa shape index (κ2) is 8.86. The van der Waals surface area contributed by atoms with Crippen LogP contribution in [0.15, 0.2) is 103 Å². The summed E-state index contributed by atoms with van der Waals surface area (Å²) in [5.74, 6) is 0.895. The molecule has 5 rings (SSSR count). The van der Waals surface area contributed by atoms with Gasteiger partial charge in [0.1, 0.15) is 5.75 Å². The molecule has 32 heavy (non-hydrogen) atoms. The lowest BCUT2D eigenvalue weighted by Crippen LogP contribution is -2.18. The Morgan fingerprint density at radius 2 is 1.47 bits per heavy atom. The lowest BCUT2D eigenvalue weighted by atomic mass is 9.98. The van der Waals surface area contributed by atoms with E-state index >= 15 is 0 Å². The maximum Gasteiger partial charge on any atom is 0.126 e. The summed E-state index contributed by atoms with van der Waals surface area (Å²) in [5, 5.41) is 8.78.